The van der Waals surface area contributed by atoms with Crippen LogP contribution in [0.2, 0.25) is 0 Å². The second kappa shape index (κ2) is 14.2. The Bertz CT molecular complexity index is 650. The fourth-order valence-corrected chi connectivity index (χ4v) is 2.84. The Hall–Kier alpha value is -2.88. The highest BCUT2D eigenvalue weighted by Gasteiger charge is 2.44. The van der Waals surface area contributed by atoms with E-state index >= 15 is 0 Å². The van der Waals surface area contributed by atoms with Crippen molar-refractivity contribution in [1.82, 2.24) is 0 Å². The van der Waals surface area contributed by atoms with Crippen LogP contribution in [0.1, 0.15) is 34.6 Å². The van der Waals surface area contributed by atoms with E-state index in [1.165, 1.54) is 20.8 Å². The van der Waals surface area contributed by atoms with Crippen LogP contribution in [-0.2, 0) is 40.0 Å². The zero-order valence-electron chi connectivity index (χ0n) is 16.5. The molecule has 0 heterocycles. The van der Waals surface area contributed by atoms with E-state index in [1.54, 1.807) is 20.0 Å². The maximum atomic E-state index is 11.5. The largest absolute Gasteiger partial charge is 1.20 e. The van der Waals surface area contributed by atoms with Gasteiger partial charge in [0.15, 0.2) is 0 Å². The molecule has 0 saturated carbocycles. The molecule has 0 aromatic heterocycles. The van der Waals surface area contributed by atoms with Crippen LogP contribution in [0.4, 0.5) is 0 Å². The molecule has 0 saturated heterocycles. The third-order valence-electron chi connectivity index (χ3n) is 2.54. The number of rotatable bonds is 11. The van der Waals surface area contributed by atoms with Crippen LogP contribution in [0, 0.1) is 12.5 Å². The highest BCUT2D eigenvalue weighted by molar-refractivity contribution is 6.37. The van der Waals surface area contributed by atoms with Crippen LogP contribution in [-0.4, -0.2) is 46.3 Å². The Balaban J connectivity index is 5.30. The summed E-state index contributed by atoms with van der Waals surface area (Å²) in [6.45, 7) is 8.20. The zero-order chi connectivity index (χ0) is 21.5. The van der Waals surface area contributed by atoms with Crippen LogP contribution in [0.25, 0.3) is 0 Å². The van der Waals surface area contributed by atoms with Crippen molar-refractivity contribution in [3.8, 4) is 12.5 Å². The van der Waals surface area contributed by atoms with E-state index in [0.29, 0.717) is 0 Å². The minimum atomic E-state index is -3.02. The average Bonchev–Trinajstić information content (AvgIpc) is 2.54. The van der Waals surface area contributed by atoms with E-state index in [2.05, 4.69) is 4.74 Å². The zero-order valence-corrected chi connectivity index (χ0v) is 17.6. The van der Waals surface area contributed by atoms with E-state index in [4.69, 9.17) is 27.3 Å². The number of allylic oxidation sites excluding steroid dienone is 3. The van der Waals surface area contributed by atoms with Crippen molar-refractivity contribution in [2.75, 3.05) is 13.2 Å². The highest BCUT2D eigenvalue weighted by atomic mass is 27.3. The summed E-state index contributed by atoms with van der Waals surface area (Å²) in [7, 11) is 0. The van der Waals surface area contributed by atoms with Gasteiger partial charge >= 0.3 is 33.1 Å². The number of hydrogen-bond acceptors (Lipinski definition) is 9. The van der Waals surface area contributed by atoms with Gasteiger partial charge in [-0.3, -0.25) is 0 Å². The standard InChI is InChI=1S/2C6H10O3.C6H6O3.Al/c3*1-3-9-6(8)4-5(2)7;/h2*4,7H,3H2,1-2H3;1,4,7H,2H3;/q;;;+3/p-3/b2*5-4-;5-4+;. The first-order valence-corrected chi connectivity index (χ1v) is 9.67. The highest BCUT2D eigenvalue weighted by Crippen LogP contribution is 2.11. The number of esters is 3. The number of ether oxygens (including phenoxy) is 3. The van der Waals surface area contributed by atoms with E-state index < -0.39 is 33.1 Å². The Morgan fingerprint density at radius 3 is 1.46 bits per heavy atom. The molecule has 0 radical (unpaired) electrons. The topological polar surface area (TPSA) is 107 Å². The molecule has 0 unspecified atom stereocenters. The molecule has 0 bridgehead atoms. The minimum absolute atomic E-state index is 0.102. The molecule has 0 rings (SSSR count). The van der Waals surface area contributed by atoms with Gasteiger partial charge in [0, 0.05) is 0 Å². The molecule has 0 spiro atoms. The van der Waals surface area contributed by atoms with Gasteiger partial charge in [0.25, 0.3) is 0 Å². The van der Waals surface area contributed by atoms with Gasteiger partial charge in [-0.1, -0.05) is 6.42 Å². The van der Waals surface area contributed by atoms with Gasteiger partial charge in [0.2, 0.25) is 0 Å². The van der Waals surface area contributed by atoms with Crippen LogP contribution >= 0.6 is 0 Å². The molecule has 0 aliphatic carbocycles. The van der Waals surface area contributed by atoms with Crippen molar-refractivity contribution < 1.29 is 40.0 Å². The molecule has 0 N–H and O–H groups in total. The van der Waals surface area contributed by atoms with Gasteiger partial charge in [-0.25, -0.2) is 14.4 Å². The Labute approximate surface area is 169 Å². The molecule has 0 aliphatic rings. The number of terminal acetylenes is 1. The van der Waals surface area contributed by atoms with E-state index in [1.807, 2.05) is 0 Å². The predicted octanol–water partition coefficient (Wildman–Crippen LogP) is 1.99. The minimum Gasteiger partial charge on any atom is -0.580 e. The molecular formula is C18H23AlO9. The molecule has 0 aromatic rings. The summed E-state index contributed by atoms with van der Waals surface area (Å²) in [5, 5.41) is 0. The van der Waals surface area contributed by atoms with Gasteiger partial charge in [-0.2, -0.15) is 0 Å². The maximum Gasteiger partial charge on any atom is 1.20 e. The number of carbonyl (C=O) groups excluding carboxylic acids is 3. The lowest BCUT2D eigenvalue weighted by atomic mass is 10.5. The quantitative estimate of drug-likeness (QED) is 0.126. The van der Waals surface area contributed by atoms with Crippen molar-refractivity contribution in [3.63, 3.8) is 0 Å². The van der Waals surface area contributed by atoms with Crippen molar-refractivity contribution in [2.45, 2.75) is 34.6 Å². The first-order valence-electron chi connectivity index (χ1n) is 8.26. The lowest BCUT2D eigenvalue weighted by Gasteiger charge is -2.17. The van der Waals surface area contributed by atoms with Gasteiger partial charge in [-0.15, -0.1) is 0 Å². The van der Waals surface area contributed by atoms with Crippen LogP contribution in [0.3, 0.4) is 0 Å². The lowest BCUT2D eigenvalue weighted by Crippen LogP contribution is -2.26. The average molecular weight is 410 g/mol. The monoisotopic (exact) mass is 410 g/mol. The summed E-state index contributed by atoms with van der Waals surface area (Å²) in [4.78, 5) is 34.4. The maximum absolute atomic E-state index is 11.5. The Morgan fingerprint density at radius 1 is 0.786 bits per heavy atom. The summed E-state index contributed by atoms with van der Waals surface area (Å²) in [5.74, 6) is -1.58. The first kappa shape index (κ1) is 25.1. The third-order valence-corrected chi connectivity index (χ3v) is 4.24. The van der Waals surface area contributed by atoms with Crippen LogP contribution in [0.5, 0.6) is 0 Å². The molecule has 28 heavy (non-hydrogen) atoms. The fraction of sp³-hybridized carbons (Fsp3) is 0.389. The first-order chi connectivity index (χ1) is 13.2. The van der Waals surface area contributed by atoms with E-state index in [9.17, 15) is 14.4 Å². The van der Waals surface area contributed by atoms with E-state index in [-0.39, 0.29) is 30.5 Å². The predicted molar refractivity (Wildman–Crippen MR) is 98.5 cm³/mol. The van der Waals surface area contributed by atoms with Crippen molar-refractivity contribution in [3.05, 3.63) is 35.5 Å². The van der Waals surface area contributed by atoms with Gasteiger partial charge in [-0.05, 0) is 34.6 Å². The summed E-state index contributed by atoms with van der Waals surface area (Å²) in [6.07, 6.45) is 9.85. The van der Waals surface area contributed by atoms with Gasteiger partial charge < -0.3 is 25.6 Å². The van der Waals surface area contributed by atoms with Crippen molar-refractivity contribution >= 4 is 33.1 Å². The SMILES string of the molecule is C#COC(=O)/C=C(\C)[O][Al]([O]/C(C)=C\C(=O)OCC)[O]/C(C)=C\C(=O)OCC. The molecule has 0 aromatic carbocycles. The molecule has 152 valence electrons. The van der Waals surface area contributed by atoms with Crippen LogP contribution < -0.4 is 0 Å². The normalized spacial score (nSPS) is 11.6. The van der Waals surface area contributed by atoms with Gasteiger partial charge in [0.05, 0.1) is 48.7 Å². The molecule has 9 nitrogen and oxygen atoms in total. The molecule has 0 amide bonds. The smallest absolute Gasteiger partial charge is 0.580 e. The van der Waals surface area contributed by atoms with Gasteiger partial charge in [0.1, 0.15) is 6.11 Å². The lowest BCUT2D eigenvalue weighted by molar-refractivity contribution is -0.138. The second-order valence-corrected chi connectivity index (χ2v) is 6.23. The fourth-order valence-electron chi connectivity index (χ4n) is 1.58. The van der Waals surface area contributed by atoms with Crippen LogP contribution in [0.15, 0.2) is 35.5 Å². The second-order valence-electron chi connectivity index (χ2n) is 4.95. The molecule has 10 heteroatoms. The molecule has 0 fully saturated rings. The Morgan fingerprint density at radius 2 is 1.14 bits per heavy atom. The summed E-state index contributed by atoms with van der Waals surface area (Å²) in [6, 6.07) is 0. The summed E-state index contributed by atoms with van der Waals surface area (Å²) >= 11 is -3.02. The van der Waals surface area contributed by atoms with Crippen molar-refractivity contribution in [2.24, 2.45) is 0 Å². The molecule has 0 aliphatic heterocycles. The number of hydrogen-bond donors (Lipinski definition) is 0. The molecular weight excluding hydrogens is 387 g/mol. The Kier molecular flexibility index (Phi) is 12.8. The van der Waals surface area contributed by atoms with Crippen molar-refractivity contribution in [1.29, 1.82) is 0 Å². The molecule has 0 atom stereocenters. The van der Waals surface area contributed by atoms with E-state index in [0.717, 1.165) is 18.2 Å². The number of carbonyl (C=O) groups is 3. The summed E-state index contributed by atoms with van der Waals surface area (Å²) < 4.78 is 30.4. The third kappa shape index (κ3) is 12.5. The summed E-state index contributed by atoms with van der Waals surface area (Å²) in [5.41, 5.74) is 0.